The molecule has 2 fully saturated rings. The number of rotatable bonds is 4. The van der Waals surface area contributed by atoms with E-state index in [1.807, 2.05) is 0 Å². The van der Waals surface area contributed by atoms with Gasteiger partial charge in [0.2, 0.25) is 11.8 Å². The monoisotopic (exact) mass is 513 g/mol. The highest BCUT2D eigenvalue weighted by Crippen LogP contribution is 2.49. The van der Waals surface area contributed by atoms with Crippen molar-refractivity contribution in [2.75, 3.05) is 28.6 Å². The zero-order valence-corrected chi connectivity index (χ0v) is 20.4. The van der Waals surface area contributed by atoms with Crippen molar-refractivity contribution in [2.24, 2.45) is 11.1 Å². The Labute approximate surface area is 207 Å². The average Bonchev–Trinajstić information content (AvgIpc) is 3.23. The molecule has 1 aliphatic carbocycles. The van der Waals surface area contributed by atoms with E-state index in [-0.39, 0.29) is 23.0 Å². The fraction of sp³-hybridized carbons (Fsp3) is 0.375. The summed E-state index contributed by atoms with van der Waals surface area (Å²) < 4.78 is 32.0. The van der Waals surface area contributed by atoms with Crippen molar-refractivity contribution < 1.29 is 17.6 Å². The second-order valence-corrected chi connectivity index (χ2v) is 12.2. The van der Waals surface area contributed by atoms with Crippen LogP contribution >= 0.6 is 11.6 Å². The molecule has 9 nitrogen and oxygen atoms in total. The van der Waals surface area contributed by atoms with Gasteiger partial charge in [-0.15, -0.1) is 5.10 Å². The number of nitrogens with zero attached hydrogens (tertiary/aromatic N) is 4. The van der Waals surface area contributed by atoms with E-state index >= 15 is 0 Å². The molecule has 1 atom stereocenters. The van der Waals surface area contributed by atoms with Crippen molar-refractivity contribution in [3.05, 3.63) is 53.1 Å². The molecule has 1 spiro atoms. The number of hydrogen-bond donors (Lipinski definition) is 1. The minimum Gasteiger partial charge on any atom is -0.403 e. The zero-order valence-electron chi connectivity index (χ0n) is 18.9. The molecule has 3 aliphatic rings. The molecule has 182 valence electrons. The highest BCUT2D eigenvalue weighted by atomic mass is 35.5. The Balaban J connectivity index is 1.36. The van der Waals surface area contributed by atoms with Gasteiger partial charge in [0.1, 0.15) is 0 Å². The Kier molecular flexibility index (Phi) is 5.17. The number of hydrogen-bond acceptors (Lipinski definition) is 8. The van der Waals surface area contributed by atoms with Gasteiger partial charge in [0.15, 0.2) is 9.84 Å². The maximum atomic E-state index is 13.2. The molecule has 0 unspecified atom stereocenters. The Bertz CT molecular complexity index is 1410. The van der Waals surface area contributed by atoms with Crippen molar-refractivity contribution in [3.63, 3.8) is 0 Å². The Morgan fingerprint density at radius 1 is 1.11 bits per heavy atom. The smallest absolute Gasteiger partial charge is 0.318 e. The van der Waals surface area contributed by atoms with E-state index in [0.717, 1.165) is 18.7 Å². The predicted molar refractivity (Wildman–Crippen MR) is 131 cm³/mol. The highest BCUT2D eigenvalue weighted by Gasteiger charge is 2.48. The first-order chi connectivity index (χ1) is 16.7. The van der Waals surface area contributed by atoms with Gasteiger partial charge < -0.3 is 20.0 Å². The second kappa shape index (κ2) is 8.04. The van der Waals surface area contributed by atoms with Gasteiger partial charge >= 0.3 is 6.01 Å². The molecule has 2 aromatic carbocycles. The molecule has 3 heterocycles. The number of anilines is 2. The second-order valence-electron chi connectivity index (χ2n) is 9.72. The van der Waals surface area contributed by atoms with Crippen LogP contribution in [0.2, 0.25) is 5.02 Å². The summed E-state index contributed by atoms with van der Waals surface area (Å²) in [6.45, 7) is 1.97. The molecule has 0 radical (unpaired) electrons. The van der Waals surface area contributed by atoms with E-state index in [1.54, 1.807) is 36.4 Å². The quantitative estimate of drug-likeness (QED) is 0.564. The number of aromatic nitrogens is 2. The molecule has 6 rings (SSSR count). The fourth-order valence-electron chi connectivity index (χ4n) is 5.13. The molecule has 0 bridgehead atoms. The lowest BCUT2D eigenvalue weighted by atomic mass is 9.64. The number of fused-ring (bicyclic) bond motifs is 1. The van der Waals surface area contributed by atoms with E-state index in [9.17, 15) is 13.2 Å². The lowest BCUT2D eigenvalue weighted by molar-refractivity contribution is -0.119. The van der Waals surface area contributed by atoms with Gasteiger partial charge in [-0.3, -0.25) is 4.79 Å². The third-order valence-electron chi connectivity index (χ3n) is 7.22. The van der Waals surface area contributed by atoms with Crippen LogP contribution in [0.25, 0.3) is 11.5 Å². The van der Waals surface area contributed by atoms with Gasteiger partial charge in [0.25, 0.3) is 0 Å². The third kappa shape index (κ3) is 3.89. The number of amides is 1. The predicted octanol–water partition coefficient (Wildman–Crippen LogP) is 3.03. The molecule has 1 saturated heterocycles. The largest absolute Gasteiger partial charge is 0.403 e. The summed E-state index contributed by atoms with van der Waals surface area (Å²) in [6, 6.07) is 11.0. The first-order valence-corrected chi connectivity index (χ1v) is 13.5. The maximum Gasteiger partial charge on any atom is 0.318 e. The molecular weight excluding hydrogens is 490 g/mol. The van der Waals surface area contributed by atoms with E-state index in [4.69, 9.17) is 21.8 Å². The highest BCUT2D eigenvalue weighted by molar-refractivity contribution is 7.91. The standard InChI is InChI=1S/C24H24ClN5O4S/c25-17-5-2-15(3-6-17)11-30-19-10-16(4-7-20(19)35(32,33)12-18(26)22(30)31)21-27-28-23(34-21)29-13-24(14-29)8-1-9-24/h2-7,10,18H,1,8-9,11-14,26H2/t18-/m0/s1. The van der Waals surface area contributed by atoms with Crippen LogP contribution in [0.15, 0.2) is 51.8 Å². The van der Waals surface area contributed by atoms with Crippen LogP contribution in [0.1, 0.15) is 24.8 Å². The van der Waals surface area contributed by atoms with E-state index in [2.05, 4.69) is 15.1 Å². The number of benzene rings is 2. The number of nitrogens with two attached hydrogens (primary N) is 1. The molecule has 35 heavy (non-hydrogen) atoms. The average molecular weight is 514 g/mol. The summed E-state index contributed by atoms with van der Waals surface area (Å²) in [5, 5.41) is 8.95. The van der Waals surface area contributed by atoms with Gasteiger partial charge in [-0.2, -0.15) is 0 Å². The minimum absolute atomic E-state index is 0.0471. The molecule has 2 N–H and O–H groups in total. The van der Waals surface area contributed by atoms with E-state index in [0.29, 0.717) is 22.0 Å². The minimum atomic E-state index is -3.79. The third-order valence-corrected chi connectivity index (χ3v) is 9.28. The number of carbonyl (C=O) groups is 1. The summed E-state index contributed by atoms with van der Waals surface area (Å²) >= 11 is 6.00. The molecule has 1 amide bonds. The van der Waals surface area contributed by atoms with Gasteiger partial charge in [0.05, 0.1) is 28.9 Å². The lowest BCUT2D eigenvalue weighted by Crippen LogP contribution is -2.60. The Morgan fingerprint density at radius 2 is 1.86 bits per heavy atom. The first-order valence-electron chi connectivity index (χ1n) is 11.5. The fourth-order valence-corrected chi connectivity index (χ4v) is 6.81. The topological polar surface area (TPSA) is 123 Å². The molecule has 2 aliphatic heterocycles. The van der Waals surface area contributed by atoms with Crippen molar-refractivity contribution in [3.8, 4) is 11.5 Å². The van der Waals surface area contributed by atoms with Crippen LogP contribution in [-0.2, 0) is 21.2 Å². The number of carbonyl (C=O) groups excluding carboxylic acids is 1. The van der Waals surface area contributed by atoms with Crippen LogP contribution in [0, 0.1) is 5.41 Å². The summed E-state index contributed by atoms with van der Waals surface area (Å²) in [6.07, 6.45) is 3.75. The van der Waals surface area contributed by atoms with Gasteiger partial charge in [-0.1, -0.05) is 35.3 Å². The summed E-state index contributed by atoms with van der Waals surface area (Å²) in [4.78, 5) is 16.7. The Hall–Kier alpha value is -2.95. The summed E-state index contributed by atoms with van der Waals surface area (Å²) in [7, 11) is -3.79. The van der Waals surface area contributed by atoms with Crippen molar-refractivity contribution in [1.82, 2.24) is 10.2 Å². The van der Waals surface area contributed by atoms with Gasteiger partial charge in [-0.25, -0.2) is 8.42 Å². The van der Waals surface area contributed by atoms with Crippen molar-refractivity contribution in [1.29, 1.82) is 0 Å². The molecule has 3 aromatic rings. The van der Waals surface area contributed by atoms with Crippen LogP contribution in [0.5, 0.6) is 0 Å². The van der Waals surface area contributed by atoms with Crippen molar-refractivity contribution >= 4 is 39.0 Å². The zero-order chi connectivity index (χ0) is 24.4. The van der Waals surface area contributed by atoms with Crippen LogP contribution in [0.4, 0.5) is 11.7 Å². The summed E-state index contributed by atoms with van der Waals surface area (Å²) in [5.74, 6) is -0.671. The molecule has 1 aromatic heterocycles. The van der Waals surface area contributed by atoms with E-state index in [1.165, 1.54) is 30.2 Å². The maximum absolute atomic E-state index is 13.2. The summed E-state index contributed by atoms with van der Waals surface area (Å²) in [5.41, 5.74) is 7.98. The first kappa shape index (κ1) is 22.5. The number of sulfone groups is 1. The van der Waals surface area contributed by atoms with E-state index < -0.39 is 27.5 Å². The van der Waals surface area contributed by atoms with Gasteiger partial charge in [0, 0.05) is 29.1 Å². The SMILES string of the molecule is N[C@H]1CS(=O)(=O)c2ccc(-c3nnc(N4CC5(CCC5)C4)o3)cc2N(Cc2ccc(Cl)cc2)C1=O. The number of halogens is 1. The van der Waals surface area contributed by atoms with Crippen LogP contribution < -0.4 is 15.5 Å². The molecule has 1 saturated carbocycles. The van der Waals surface area contributed by atoms with Crippen molar-refractivity contribution in [2.45, 2.75) is 36.7 Å². The lowest BCUT2D eigenvalue weighted by Gasteiger charge is -2.55. The van der Waals surface area contributed by atoms with Crippen LogP contribution in [-0.4, -0.2) is 49.4 Å². The molecular formula is C24H24ClN5O4S. The van der Waals surface area contributed by atoms with Crippen LogP contribution in [0.3, 0.4) is 0 Å². The Morgan fingerprint density at radius 3 is 2.54 bits per heavy atom. The molecule has 11 heteroatoms. The normalized spacial score (nSPS) is 22.3. The van der Waals surface area contributed by atoms with Gasteiger partial charge in [-0.05, 0) is 48.7 Å².